The summed E-state index contributed by atoms with van der Waals surface area (Å²) in [6, 6.07) is 20.2. The van der Waals surface area contributed by atoms with E-state index in [9.17, 15) is 4.79 Å². The van der Waals surface area contributed by atoms with Gasteiger partial charge >= 0.3 is 0 Å². The van der Waals surface area contributed by atoms with Crippen molar-refractivity contribution in [3.63, 3.8) is 0 Å². The van der Waals surface area contributed by atoms with Crippen LogP contribution >= 0.6 is 0 Å². The molecule has 1 atom stereocenters. The molecule has 1 aromatic heterocycles. The third-order valence-corrected chi connectivity index (χ3v) is 5.70. The molecule has 0 unspecified atom stereocenters. The van der Waals surface area contributed by atoms with E-state index in [1.54, 1.807) is 0 Å². The molecule has 1 aliphatic rings. The zero-order valence-electron chi connectivity index (χ0n) is 16.1. The summed E-state index contributed by atoms with van der Waals surface area (Å²) in [6.45, 7) is 5.95. The van der Waals surface area contributed by atoms with Gasteiger partial charge in [-0.1, -0.05) is 53.7 Å². The highest BCUT2D eigenvalue weighted by molar-refractivity contribution is 6.27. The second-order valence-corrected chi connectivity index (χ2v) is 7.32. The molecule has 1 amide bonds. The number of carbonyl (C=O) groups is 1. The maximum absolute atomic E-state index is 13.3. The van der Waals surface area contributed by atoms with Crippen molar-refractivity contribution in [3.05, 3.63) is 83.2 Å². The minimum atomic E-state index is -0.0470. The van der Waals surface area contributed by atoms with E-state index in [2.05, 4.69) is 42.4 Å². The molecular formula is C24H20N2O2. The number of benzene rings is 3. The predicted octanol–water partition coefficient (Wildman–Crippen LogP) is 5.83. The summed E-state index contributed by atoms with van der Waals surface area (Å²) < 4.78 is 5.39. The van der Waals surface area contributed by atoms with Gasteiger partial charge in [-0.25, -0.2) is 0 Å². The largest absolute Gasteiger partial charge is 0.361 e. The highest BCUT2D eigenvalue weighted by Crippen LogP contribution is 2.45. The minimum Gasteiger partial charge on any atom is -0.361 e. The first-order chi connectivity index (χ1) is 13.6. The van der Waals surface area contributed by atoms with Crippen LogP contribution in [-0.4, -0.2) is 11.1 Å². The standard InChI is InChI=1S/C24H20N2O2/c1-14-22(16(3)28-25-14)19-12-13-21-23-18(19)10-7-11-20(23)24(27)26(21)15(2)17-8-5-4-6-9-17/h4-13,15H,1-3H3/t15-/m1/s1. The van der Waals surface area contributed by atoms with E-state index in [1.165, 1.54) is 0 Å². The molecule has 0 fully saturated rings. The molecule has 5 rings (SSSR count). The van der Waals surface area contributed by atoms with Crippen molar-refractivity contribution in [1.82, 2.24) is 5.16 Å². The fraction of sp³-hybridized carbons (Fsp3) is 0.167. The number of hydrogen-bond acceptors (Lipinski definition) is 3. The smallest absolute Gasteiger partial charge is 0.259 e. The summed E-state index contributed by atoms with van der Waals surface area (Å²) >= 11 is 0. The van der Waals surface area contributed by atoms with Crippen molar-refractivity contribution in [2.24, 2.45) is 0 Å². The van der Waals surface area contributed by atoms with Gasteiger partial charge in [-0.05, 0) is 49.4 Å². The van der Waals surface area contributed by atoms with Crippen LogP contribution in [0.1, 0.15) is 40.3 Å². The van der Waals surface area contributed by atoms with Gasteiger partial charge in [0.25, 0.3) is 5.91 Å². The third-order valence-electron chi connectivity index (χ3n) is 5.70. The number of carbonyl (C=O) groups excluding carboxylic acids is 1. The molecule has 1 aliphatic heterocycles. The molecule has 0 saturated carbocycles. The van der Waals surface area contributed by atoms with E-state index < -0.39 is 0 Å². The lowest BCUT2D eigenvalue weighted by Gasteiger charge is -2.26. The van der Waals surface area contributed by atoms with Gasteiger partial charge in [0.05, 0.1) is 17.4 Å². The highest BCUT2D eigenvalue weighted by Gasteiger charge is 2.34. The summed E-state index contributed by atoms with van der Waals surface area (Å²) in [6.07, 6.45) is 0. The van der Waals surface area contributed by atoms with Crippen molar-refractivity contribution < 1.29 is 9.32 Å². The molecule has 3 aromatic carbocycles. The van der Waals surface area contributed by atoms with Crippen LogP contribution in [0.2, 0.25) is 0 Å². The molecule has 0 bridgehead atoms. The van der Waals surface area contributed by atoms with E-state index in [1.807, 2.05) is 49.1 Å². The molecule has 2 heterocycles. The number of nitrogens with zero attached hydrogens (tertiary/aromatic N) is 2. The lowest BCUT2D eigenvalue weighted by molar-refractivity contribution is 0.0985. The number of aromatic nitrogens is 1. The molecule has 4 nitrogen and oxygen atoms in total. The quantitative estimate of drug-likeness (QED) is 0.457. The zero-order valence-corrected chi connectivity index (χ0v) is 16.1. The topological polar surface area (TPSA) is 46.3 Å². The summed E-state index contributed by atoms with van der Waals surface area (Å²) in [4.78, 5) is 15.2. The fourth-order valence-corrected chi connectivity index (χ4v) is 4.36. The fourth-order valence-electron chi connectivity index (χ4n) is 4.36. The van der Waals surface area contributed by atoms with Crippen molar-refractivity contribution in [2.75, 3.05) is 4.90 Å². The van der Waals surface area contributed by atoms with Gasteiger partial charge in [-0.2, -0.15) is 0 Å². The van der Waals surface area contributed by atoms with Crippen molar-refractivity contribution >= 4 is 22.4 Å². The summed E-state index contributed by atoms with van der Waals surface area (Å²) in [7, 11) is 0. The molecule has 28 heavy (non-hydrogen) atoms. The van der Waals surface area contributed by atoms with Crippen molar-refractivity contribution in [3.8, 4) is 11.1 Å². The van der Waals surface area contributed by atoms with Gasteiger partial charge in [0, 0.05) is 16.5 Å². The molecular weight excluding hydrogens is 348 g/mol. The number of hydrogen-bond donors (Lipinski definition) is 0. The first-order valence-electron chi connectivity index (χ1n) is 9.45. The van der Waals surface area contributed by atoms with Crippen LogP contribution in [-0.2, 0) is 0 Å². The Morgan fingerprint density at radius 2 is 1.71 bits per heavy atom. The van der Waals surface area contributed by atoms with Crippen LogP contribution in [0.5, 0.6) is 0 Å². The van der Waals surface area contributed by atoms with E-state index in [-0.39, 0.29) is 11.9 Å². The monoisotopic (exact) mass is 368 g/mol. The number of aryl methyl sites for hydroxylation is 2. The average molecular weight is 368 g/mol. The highest BCUT2D eigenvalue weighted by atomic mass is 16.5. The summed E-state index contributed by atoms with van der Waals surface area (Å²) in [5, 5.41) is 6.17. The molecule has 0 radical (unpaired) electrons. The normalized spacial score (nSPS) is 14.1. The Bertz CT molecular complexity index is 1200. The third kappa shape index (κ3) is 2.24. The Morgan fingerprint density at radius 3 is 2.43 bits per heavy atom. The zero-order chi connectivity index (χ0) is 19.4. The molecule has 0 N–H and O–H groups in total. The molecule has 0 spiro atoms. The maximum atomic E-state index is 13.3. The molecule has 4 heteroatoms. The lowest BCUT2D eigenvalue weighted by Crippen LogP contribution is -2.29. The molecule has 0 aliphatic carbocycles. The number of amides is 1. The Labute approximate surface area is 163 Å². The van der Waals surface area contributed by atoms with Crippen molar-refractivity contribution in [2.45, 2.75) is 26.8 Å². The molecule has 0 saturated heterocycles. The van der Waals surface area contributed by atoms with Crippen LogP contribution in [0.25, 0.3) is 21.9 Å². The van der Waals surface area contributed by atoms with Crippen LogP contribution < -0.4 is 4.90 Å². The molecule has 4 aromatic rings. The van der Waals surface area contributed by atoms with E-state index in [0.717, 1.165) is 50.2 Å². The van der Waals surface area contributed by atoms with Crippen LogP contribution in [0.4, 0.5) is 5.69 Å². The van der Waals surface area contributed by atoms with E-state index in [0.29, 0.717) is 0 Å². The molecule has 138 valence electrons. The average Bonchev–Trinajstić information content (AvgIpc) is 3.20. The van der Waals surface area contributed by atoms with Gasteiger partial charge in [-0.3, -0.25) is 4.79 Å². The summed E-state index contributed by atoms with van der Waals surface area (Å²) in [5.74, 6) is 0.838. The lowest BCUT2D eigenvalue weighted by atomic mass is 9.95. The van der Waals surface area contributed by atoms with E-state index in [4.69, 9.17) is 4.52 Å². The van der Waals surface area contributed by atoms with Crippen LogP contribution in [0.15, 0.2) is 65.2 Å². The second-order valence-electron chi connectivity index (χ2n) is 7.32. The minimum absolute atomic E-state index is 0.0470. The van der Waals surface area contributed by atoms with Gasteiger partial charge in [-0.15, -0.1) is 0 Å². The van der Waals surface area contributed by atoms with Crippen molar-refractivity contribution in [1.29, 1.82) is 0 Å². The van der Waals surface area contributed by atoms with Gasteiger partial charge in [0.2, 0.25) is 0 Å². The van der Waals surface area contributed by atoms with Gasteiger partial charge < -0.3 is 9.42 Å². The Balaban J connectivity index is 1.74. The Morgan fingerprint density at radius 1 is 0.929 bits per heavy atom. The predicted molar refractivity (Wildman–Crippen MR) is 111 cm³/mol. The van der Waals surface area contributed by atoms with Gasteiger partial charge in [0.15, 0.2) is 0 Å². The Kier molecular flexibility index (Phi) is 3.63. The van der Waals surface area contributed by atoms with Gasteiger partial charge in [0.1, 0.15) is 5.76 Å². The first-order valence-corrected chi connectivity index (χ1v) is 9.45. The SMILES string of the molecule is Cc1noc(C)c1-c1ccc2c3c(cccc13)C(=O)N2[C@H](C)c1ccccc1. The number of rotatable bonds is 3. The Hall–Kier alpha value is -3.40. The maximum Gasteiger partial charge on any atom is 0.259 e. The first kappa shape index (κ1) is 16.8. The van der Waals surface area contributed by atoms with Crippen LogP contribution in [0.3, 0.4) is 0 Å². The van der Waals surface area contributed by atoms with Crippen LogP contribution in [0, 0.1) is 13.8 Å². The second kappa shape index (κ2) is 6.06. The summed E-state index contributed by atoms with van der Waals surface area (Å²) in [5.41, 5.74) is 5.75. The van der Waals surface area contributed by atoms with E-state index >= 15 is 0 Å². The number of anilines is 1.